The SMILES string of the molecule is [2H]c1nc(-c2[c-]c(-c3cccc4c3nc(-c3cc(C)cc(C)c3O)n4-c3ccc(-c4ccccc4)c(C(C)(C)C)c3)cc(C(C)(C)C)c2)c([2H])c(-c2c([2H])c([2H])c([2H])c([2H])c2[2H])c1[2H].[Pt]. The van der Waals surface area contributed by atoms with Gasteiger partial charge in [0.1, 0.15) is 11.6 Å². The maximum absolute atomic E-state index is 11.7. The molecule has 0 aliphatic heterocycles. The fraction of sp³-hybridized carbons (Fsp3) is 0.192. The minimum atomic E-state index is -0.605. The number of rotatable bonds is 6. The van der Waals surface area contributed by atoms with Gasteiger partial charge in [0.05, 0.1) is 27.6 Å². The van der Waals surface area contributed by atoms with Gasteiger partial charge in [0.25, 0.3) is 0 Å². The zero-order chi connectivity index (χ0) is 46.3. The number of imidazole rings is 1. The third-order valence-electron chi connectivity index (χ3n) is 10.1. The van der Waals surface area contributed by atoms with E-state index in [0.29, 0.717) is 39.2 Å². The fourth-order valence-corrected chi connectivity index (χ4v) is 7.27. The summed E-state index contributed by atoms with van der Waals surface area (Å²) < 4.78 is 71.1. The number of aromatic hydroxyl groups is 1. The van der Waals surface area contributed by atoms with Crippen LogP contribution in [0.15, 0.2) is 139 Å². The first kappa shape index (κ1) is 30.6. The van der Waals surface area contributed by atoms with Crippen molar-refractivity contribution in [3.8, 4) is 67.5 Å². The Kier molecular flexibility index (Phi) is 8.26. The predicted molar refractivity (Wildman–Crippen MR) is 233 cm³/mol. The maximum Gasteiger partial charge on any atom is 0.148 e. The normalized spacial score (nSPS) is 13.8. The van der Waals surface area contributed by atoms with E-state index in [2.05, 4.69) is 66.7 Å². The quantitative estimate of drug-likeness (QED) is 0.169. The summed E-state index contributed by atoms with van der Waals surface area (Å²) in [5, 5.41) is 11.7. The molecule has 0 amide bonds. The summed E-state index contributed by atoms with van der Waals surface area (Å²) in [7, 11) is 0. The Labute approximate surface area is 362 Å². The van der Waals surface area contributed by atoms with Gasteiger partial charge in [0.15, 0.2) is 0 Å². The van der Waals surface area contributed by atoms with Crippen LogP contribution in [0.2, 0.25) is 0 Å². The Morgan fingerprint density at radius 1 is 0.684 bits per heavy atom. The number of benzene rings is 6. The number of hydrogen-bond donors (Lipinski definition) is 1. The van der Waals surface area contributed by atoms with E-state index in [0.717, 1.165) is 39.0 Å². The smallest absolute Gasteiger partial charge is 0.148 e. The van der Waals surface area contributed by atoms with Crippen LogP contribution in [0.25, 0.3) is 72.7 Å². The summed E-state index contributed by atoms with van der Waals surface area (Å²) >= 11 is 0. The minimum absolute atomic E-state index is 0. The van der Waals surface area contributed by atoms with Crippen LogP contribution in [0, 0.1) is 19.9 Å². The molecule has 2 aromatic heterocycles. The average Bonchev–Trinajstić information content (AvgIpc) is 3.65. The first-order valence-corrected chi connectivity index (χ1v) is 18.7. The van der Waals surface area contributed by atoms with Gasteiger partial charge in [-0.1, -0.05) is 144 Å². The Morgan fingerprint density at radius 3 is 2.14 bits per heavy atom. The molecule has 5 heteroatoms. The number of nitrogens with zero attached hydrogens (tertiary/aromatic N) is 3. The Bertz CT molecular complexity index is 3180. The van der Waals surface area contributed by atoms with E-state index in [-0.39, 0.29) is 55.1 Å². The number of phenolic OH excluding ortho intramolecular Hbond substituents is 1. The Hall–Kier alpha value is -5.57. The van der Waals surface area contributed by atoms with Crippen LogP contribution < -0.4 is 0 Å². The summed E-state index contributed by atoms with van der Waals surface area (Å²) in [6, 6.07) is 30.0. The number of phenols is 1. The average molecular weight is 934 g/mol. The molecule has 4 nitrogen and oxygen atoms in total. The van der Waals surface area contributed by atoms with Crippen molar-refractivity contribution in [3.05, 3.63) is 168 Å². The van der Waals surface area contributed by atoms with Crippen molar-refractivity contribution in [2.24, 2.45) is 0 Å². The van der Waals surface area contributed by atoms with Crippen LogP contribution in [0.3, 0.4) is 0 Å². The van der Waals surface area contributed by atoms with Gasteiger partial charge >= 0.3 is 0 Å². The van der Waals surface area contributed by atoms with Crippen molar-refractivity contribution in [2.75, 3.05) is 0 Å². The number of para-hydroxylation sites is 1. The van der Waals surface area contributed by atoms with Crippen LogP contribution in [0.1, 0.15) is 74.8 Å². The fourth-order valence-electron chi connectivity index (χ4n) is 7.27. The summed E-state index contributed by atoms with van der Waals surface area (Å²) in [5.74, 6) is 0.659. The maximum atomic E-state index is 11.7. The van der Waals surface area contributed by atoms with E-state index in [4.69, 9.17) is 14.6 Å². The second-order valence-electron chi connectivity index (χ2n) is 16.4. The molecule has 8 aromatic rings. The third kappa shape index (κ3) is 7.76. The standard InChI is InChI=1S/C52H48N3O.Pt/c1-33-26-34(2)49(56)44(27-33)50-54-48-43(20-15-21-47(48)55(50)41-22-23-42(36-18-13-10-14-19-36)45(32-41)52(6,7)8)38-28-39(30-40(29-38)51(3,4)5)46-31-37(24-25-53-46)35-16-11-9-12-17-35;/h9-27,29-32,56H,1-8H3;/q-1;/i9D,11D,12D,16D,17D,24D,25D,31D;. The number of hydrogen-bond acceptors (Lipinski definition) is 3. The molecule has 0 atom stereocenters. The molecule has 2 heterocycles. The van der Waals surface area contributed by atoms with E-state index in [1.54, 1.807) is 0 Å². The first-order valence-electron chi connectivity index (χ1n) is 22.7. The summed E-state index contributed by atoms with van der Waals surface area (Å²) in [6.07, 6.45) is -0.518. The van der Waals surface area contributed by atoms with Gasteiger partial charge in [-0.25, -0.2) is 4.98 Å². The van der Waals surface area contributed by atoms with Gasteiger partial charge in [-0.15, -0.1) is 29.3 Å². The molecule has 0 fully saturated rings. The number of aryl methyl sites for hydroxylation is 2. The van der Waals surface area contributed by atoms with Crippen molar-refractivity contribution in [1.82, 2.24) is 14.5 Å². The molecule has 0 bridgehead atoms. The molecule has 0 radical (unpaired) electrons. The topological polar surface area (TPSA) is 50.9 Å². The molecule has 0 aliphatic carbocycles. The van der Waals surface area contributed by atoms with Gasteiger partial charge in [0.2, 0.25) is 0 Å². The van der Waals surface area contributed by atoms with E-state index >= 15 is 0 Å². The van der Waals surface area contributed by atoms with Crippen LogP contribution in [-0.4, -0.2) is 19.6 Å². The van der Waals surface area contributed by atoms with Crippen LogP contribution in [0.4, 0.5) is 0 Å². The van der Waals surface area contributed by atoms with Gasteiger partial charge in [-0.3, -0.25) is 9.55 Å². The van der Waals surface area contributed by atoms with Gasteiger partial charge in [-0.05, 0) is 93.9 Å². The molecule has 0 saturated heterocycles. The molecule has 0 saturated carbocycles. The van der Waals surface area contributed by atoms with Crippen molar-refractivity contribution in [2.45, 2.75) is 66.2 Å². The molecule has 0 spiro atoms. The zero-order valence-corrected chi connectivity index (χ0v) is 35.5. The van der Waals surface area contributed by atoms with E-state index in [1.165, 1.54) is 0 Å². The van der Waals surface area contributed by atoms with Gasteiger partial charge in [0, 0.05) is 38.6 Å². The van der Waals surface area contributed by atoms with Crippen molar-refractivity contribution >= 4 is 11.0 Å². The molecule has 57 heavy (non-hydrogen) atoms. The van der Waals surface area contributed by atoms with Crippen molar-refractivity contribution < 1.29 is 37.1 Å². The third-order valence-corrected chi connectivity index (χ3v) is 10.1. The summed E-state index contributed by atoms with van der Waals surface area (Å²) in [6.45, 7) is 16.6. The molecule has 1 N–H and O–H groups in total. The molecule has 8 rings (SSSR count). The Morgan fingerprint density at radius 2 is 1.42 bits per heavy atom. The van der Waals surface area contributed by atoms with Crippen molar-refractivity contribution in [3.63, 3.8) is 0 Å². The first-order chi connectivity index (χ1) is 30.1. The Balaban J connectivity index is 0.00000630. The minimum Gasteiger partial charge on any atom is -0.507 e. The number of pyridine rings is 1. The monoisotopic (exact) mass is 933 g/mol. The predicted octanol–water partition coefficient (Wildman–Crippen LogP) is 13.5. The van der Waals surface area contributed by atoms with Gasteiger partial charge < -0.3 is 5.11 Å². The second kappa shape index (κ2) is 15.4. The van der Waals surface area contributed by atoms with Gasteiger partial charge in [-0.2, -0.15) is 0 Å². The number of aromatic nitrogens is 3. The van der Waals surface area contributed by atoms with E-state index in [9.17, 15) is 6.48 Å². The zero-order valence-electron chi connectivity index (χ0n) is 41.3. The van der Waals surface area contributed by atoms with E-state index < -0.39 is 47.8 Å². The molecule has 0 aliphatic rings. The molecule has 0 unspecified atom stereocenters. The summed E-state index contributed by atoms with van der Waals surface area (Å²) in [5.41, 5.74) is 8.99. The molecule has 288 valence electrons. The molecule has 6 aromatic carbocycles. The summed E-state index contributed by atoms with van der Waals surface area (Å²) in [4.78, 5) is 9.78. The number of fused-ring (bicyclic) bond motifs is 1. The second-order valence-corrected chi connectivity index (χ2v) is 16.4. The molecular formula is C52H48N3OPt-. The van der Waals surface area contributed by atoms with Crippen LogP contribution >= 0.6 is 0 Å². The van der Waals surface area contributed by atoms with Crippen molar-refractivity contribution in [1.29, 1.82) is 0 Å². The largest absolute Gasteiger partial charge is 0.507 e. The molecular weight excluding hydrogens is 878 g/mol. The van der Waals surface area contributed by atoms with Crippen LogP contribution in [0.5, 0.6) is 5.75 Å². The van der Waals surface area contributed by atoms with E-state index in [1.807, 2.05) is 95.3 Å². The van der Waals surface area contributed by atoms with Crippen LogP contribution in [-0.2, 0) is 31.9 Å².